The topological polar surface area (TPSA) is 38.3 Å². The second-order valence-electron chi connectivity index (χ2n) is 5.42. The highest BCUT2D eigenvalue weighted by atomic mass is 35.5. The van der Waals surface area contributed by atoms with Gasteiger partial charge in [0.1, 0.15) is 0 Å². The molecule has 2 aromatic rings. The standard InChI is InChI=1S/C19H22ClNO2/c1-14(21-16(9-6-12-20)13-19(22)23-2)17-11-5-8-15-7-3-4-10-18(15)17/h3-5,7-8,10-11,13-14,21H,6,9,12H2,1-2H3/b16-13-/t14-/m0/s1. The molecule has 0 heterocycles. The summed E-state index contributed by atoms with van der Waals surface area (Å²) < 4.78 is 4.73. The SMILES string of the molecule is COC(=O)/C=C(/CCCCl)N[C@@H](C)c1cccc2ccccc12. The maximum atomic E-state index is 11.5. The third kappa shape index (κ3) is 4.73. The van der Waals surface area contributed by atoms with Crippen LogP contribution in [0.1, 0.15) is 31.4 Å². The number of fused-ring (bicyclic) bond motifs is 1. The first-order chi connectivity index (χ1) is 11.2. The van der Waals surface area contributed by atoms with Crippen LogP contribution in [0.25, 0.3) is 10.8 Å². The van der Waals surface area contributed by atoms with Crippen molar-refractivity contribution in [2.75, 3.05) is 13.0 Å². The molecule has 0 saturated carbocycles. The van der Waals surface area contributed by atoms with Crippen molar-refractivity contribution < 1.29 is 9.53 Å². The van der Waals surface area contributed by atoms with Crippen molar-refractivity contribution in [3.05, 3.63) is 59.8 Å². The van der Waals surface area contributed by atoms with E-state index in [2.05, 4.69) is 42.6 Å². The van der Waals surface area contributed by atoms with Gasteiger partial charge in [-0.3, -0.25) is 0 Å². The van der Waals surface area contributed by atoms with Crippen molar-refractivity contribution in [2.45, 2.75) is 25.8 Å². The van der Waals surface area contributed by atoms with Crippen LogP contribution in [0, 0.1) is 0 Å². The molecule has 0 aliphatic heterocycles. The fraction of sp³-hybridized carbons (Fsp3) is 0.316. The molecule has 1 N–H and O–H groups in total. The summed E-state index contributed by atoms with van der Waals surface area (Å²) in [6.07, 6.45) is 3.03. The average molecular weight is 332 g/mol. The van der Waals surface area contributed by atoms with Crippen molar-refractivity contribution >= 4 is 28.3 Å². The maximum Gasteiger partial charge on any atom is 0.332 e. The number of alkyl halides is 1. The first-order valence-corrected chi connectivity index (χ1v) is 8.28. The van der Waals surface area contributed by atoms with Crippen LogP contribution in [0.4, 0.5) is 0 Å². The van der Waals surface area contributed by atoms with E-state index in [0.717, 1.165) is 12.1 Å². The Morgan fingerprint density at radius 3 is 2.74 bits per heavy atom. The van der Waals surface area contributed by atoms with Gasteiger partial charge in [0.15, 0.2) is 0 Å². The molecule has 0 aliphatic carbocycles. The number of hydrogen-bond donors (Lipinski definition) is 1. The Morgan fingerprint density at radius 2 is 2.00 bits per heavy atom. The largest absolute Gasteiger partial charge is 0.466 e. The highest BCUT2D eigenvalue weighted by molar-refractivity contribution is 6.17. The molecule has 0 spiro atoms. The summed E-state index contributed by atoms with van der Waals surface area (Å²) in [5, 5.41) is 5.85. The molecule has 0 radical (unpaired) electrons. The van der Waals surface area contributed by atoms with E-state index in [1.807, 2.05) is 12.1 Å². The maximum absolute atomic E-state index is 11.5. The Bertz CT molecular complexity index is 691. The van der Waals surface area contributed by atoms with Gasteiger partial charge in [-0.2, -0.15) is 0 Å². The molecule has 1 atom stereocenters. The quantitative estimate of drug-likeness (QED) is 0.459. The number of allylic oxidation sites excluding steroid dienone is 1. The first kappa shape index (κ1) is 17.4. The summed E-state index contributed by atoms with van der Waals surface area (Å²) in [5.41, 5.74) is 2.04. The normalized spacial score (nSPS) is 12.9. The second kappa shape index (κ2) is 8.59. The lowest BCUT2D eigenvalue weighted by atomic mass is 9.99. The molecular formula is C19H22ClNO2. The number of hydrogen-bond acceptors (Lipinski definition) is 3. The molecule has 2 aromatic carbocycles. The van der Waals surface area contributed by atoms with Crippen LogP contribution in [-0.4, -0.2) is 19.0 Å². The van der Waals surface area contributed by atoms with E-state index in [-0.39, 0.29) is 12.0 Å². The number of rotatable bonds is 7. The second-order valence-corrected chi connectivity index (χ2v) is 5.80. The molecule has 0 unspecified atom stereocenters. The van der Waals surface area contributed by atoms with Crippen LogP contribution in [-0.2, 0) is 9.53 Å². The summed E-state index contributed by atoms with van der Waals surface area (Å²) in [4.78, 5) is 11.5. The van der Waals surface area contributed by atoms with Crippen molar-refractivity contribution in [1.82, 2.24) is 5.32 Å². The Hall–Kier alpha value is -2.00. The minimum Gasteiger partial charge on any atom is -0.466 e. The summed E-state index contributed by atoms with van der Waals surface area (Å²) in [6.45, 7) is 2.09. The molecule has 23 heavy (non-hydrogen) atoms. The summed E-state index contributed by atoms with van der Waals surface area (Å²) in [6, 6.07) is 14.6. The van der Waals surface area contributed by atoms with Crippen molar-refractivity contribution in [1.29, 1.82) is 0 Å². The number of carbonyl (C=O) groups excluding carboxylic acids is 1. The van der Waals surface area contributed by atoms with Crippen LogP contribution in [0.5, 0.6) is 0 Å². The highest BCUT2D eigenvalue weighted by Crippen LogP contribution is 2.25. The summed E-state index contributed by atoms with van der Waals surface area (Å²) in [7, 11) is 1.38. The molecule has 4 heteroatoms. The Labute approximate surface area is 142 Å². The lowest BCUT2D eigenvalue weighted by Crippen LogP contribution is -2.20. The van der Waals surface area contributed by atoms with Gasteiger partial charge in [0.2, 0.25) is 0 Å². The summed E-state index contributed by atoms with van der Waals surface area (Å²) >= 11 is 5.78. The monoisotopic (exact) mass is 331 g/mol. The van der Waals surface area contributed by atoms with Gasteiger partial charge in [0, 0.05) is 23.7 Å². The Kier molecular flexibility index (Phi) is 6.48. The smallest absolute Gasteiger partial charge is 0.332 e. The van der Waals surface area contributed by atoms with Gasteiger partial charge < -0.3 is 10.1 Å². The zero-order valence-electron chi connectivity index (χ0n) is 13.5. The molecule has 0 fully saturated rings. The van der Waals surface area contributed by atoms with Crippen molar-refractivity contribution in [3.8, 4) is 0 Å². The predicted molar refractivity (Wildman–Crippen MR) is 95.6 cm³/mol. The Morgan fingerprint density at radius 1 is 1.26 bits per heavy atom. The molecule has 0 bridgehead atoms. The molecule has 0 aliphatic rings. The van der Waals surface area contributed by atoms with E-state index in [4.69, 9.17) is 16.3 Å². The lowest BCUT2D eigenvalue weighted by Gasteiger charge is -2.20. The molecule has 0 saturated heterocycles. The summed E-state index contributed by atoms with van der Waals surface area (Å²) in [5.74, 6) is 0.204. The van der Waals surface area contributed by atoms with Gasteiger partial charge in [0.25, 0.3) is 0 Å². The van der Waals surface area contributed by atoms with Crippen LogP contribution in [0.15, 0.2) is 54.2 Å². The van der Waals surface area contributed by atoms with Crippen LogP contribution >= 0.6 is 11.6 Å². The zero-order valence-corrected chi connectivity index (χ0v) is 14.3. The molecule has 3 nitrogen and oxygen atoms in total. The van der Waals surface area contributed by atoms with E-state index < -0.39 is 0 Å². The van der Waals surface area contributed by atoms with Gasteiger partial charge in [-0.25, -0.2) is 4.79 Å². The van der Waals surface area contributed by atoms with Crippen molar-refractivity contribution in [2.24, 2.45) is 0 Å². The number of esters is 1. The number of ether oxygens (including phenoxy) is 1. The average Bonchev–Trinajstić information content (AvgIpc) is 2.58. The van der Waals surface area contributed by atoms with E-state index in [0.29, 0.717) is 12.3 Å². The van der Waals surface area contributed by atoms with Crippen LogP contribution in [0.2, 0.25) is 0 Å². The minimum atomic E-state index is -0.354. The van der Waals surface area contributed by atoms with E-state index >= 15 is 0 Å². The molecule has 0 aromatic heterocycles. The molecule has 122 valence electrons. The van der Waals surface area contributed by atoms with Gasteiger partial charge in [-0.1, -0.05) is 42.5 Å². The minimum absolute atomic E-state index is 0.0762. The highest BCUT2D eigenvalue weighted by Gasteiger charge is 2.11. The zero-order chi connectivity index (χ0) is 16.7. The number of halogens is 1. The number of methoxy groups -OCH3 is 1. The van der Waals surface area contributed by atoms with E-state index in [1.165, 1.54) is 29.5 Å². The van der Waals surface area contributed by atoms with Gasteiger partial charge >= 0.3 is 5.97 Å². The van der Waals surface area contributed by atoms with E-state index in [1.54, 1.807) is 0 Å². The van der Waals surface area contributed by atoms with E-state index in [9.17, 15) is 4.79 Å². The van der Waals surface area contributed by atoms with Crippen LogP contribution < -0.4 is 5.32 Å². The fourth-order valence-corrected chi connectivity index (χ4v) is 2.76. The Balaban J connectivity index is 2.24. The number of nitrogens with one attached hydrogen (secondary N) is 1. The van der Waals surface area contributed by atoms with Gasteiger partial charge in [0.05, 0.1) is 7.11 Å². The molecular weight excluding hydrogens is 310 g/mol. The van der Waals surface area contributed by atoms with Gasteiger partial charge in [-0.05, 0) is 36.1 Å². The number of carbonyl (C=O) groups is 1. The molecule has 2 rings (SSSR count). The van der Waals surface area contributed by atoms with Crippen LogP contribution in [0.3, 0.4) is 0 Å². The third-order valence-corrected chi connectivity index (χ3v) is 4.03. The number of benzene rings is 2. The lowest BCUT2D eigenvalue weighted by molar-refractivity contribution is -0.134. The fourth-order valence-electron chi connectivity index (χ4n) is 2.63. The first-order valence-electron chi connectivity index (χ1n) is 7.74. The molecule has 0 amide bonds. The third-order valence-electron chi connectivity index (χ3n) is 3.76. The van der Waals surface area contributed by atoms with Crippen molar-refractivity contribution in [3.63, 3.8) is 0 Å². The van der Waals surface area contributed by atoms with Gasteiger partial charge in [-0.15, -0.1) is 11.6 Å². The predicted octanol–water partition coefficient (Wildman–Crippen LogP) is 4.57.